The molecule has 13 heteroatoms. The zero-order chi connectivity index (χ0) is 40.3. The first-order valence-corrected chi connectivity index (χ1v) is 30.6. The summed E-state index contributed by atoms with van der Waals surface area (Å²) >= 11 is -0.931. The van der Waals surface area contributed by atoms with Gasteiger partial charge in [-0.25, -0.2) is 5.26 Å². The first kappa shape index (κ1) is 47.2. The van der Waals surface area contributed by atoms with E-state index in [4.69, 9.17) is 30.4 Å². The van der Waals surface area contributed by atoms with Crippen LogP contribution < -0.4 is 21.7 Å². The number of amides is 2. The summed E-state index contributed by atoms with van der Waals surface area (Å²) in [5, 5.41) is 26.5. The Kier molecular flexibility index (Phi) is 20.3. The Morgan fingerprint density at radius 3 is 1.37 bits per heavy atom. The molecule has 0 aromatic heterocycles. The van der Waals surface area contributed by atoms with Gasteiger partial charge in [0.25, 0.3) is 0 Å². The van der Waals surface area contributed by atoms with Crippen LogP contribution in [0.4, 0.5) is 11.4 Å². The van der Waals surface area contributed by atoms with Crippen LogP contribution in [0.15, 0.2) is 48.5 Å². The van der Waals surface area contributed by atoms with Crippen molar-refractivity contribution in [2.45, 2.75) is 128 Å². The minimum atomic E-state index is -1.33. The number of carbonyl (C=O) groups excluding carboxylic acids is 3. The number of anilines is 2. The summed E-state index contributed by atoms with van der Waals surface area (Å²) in [5.74, 6) is 0.840. The van der Waals surface area contributed by atoms with E-state index < -0.39 is 23.2 Å². The van der Waals surface area contributed by atoms with Crippen LogP contribution in [0.2, 0.25) is 19.6 Å². The molecule has 4 aliphatic carbocycles. The third-order valence-corrected chi connectivity index (χ3v) is 11.5. The Morgan fingerprint density at radius 1 is 0.759 bits per heavy atom. The Hall–Kier alpha value is -2.95. The molecule has 0 spiro atoms. The quantitative estimate of drug-likeness (QED) is 0.137. The standard InChI is InChI=1S/C19H25N3O.C14H20N2O.C4H9NSi.C4H6O.2ClH.Zn/c1-21-17(23)18(9-2-10-18)13-8-15-4-6-16(7-5-15)22-19(14-20)11-3-12-19;1-16-13(17)14(8-2-9-14)10-7-11-3-5-12(15)6-4-11;1-6(2,3)4-5;5-4-2-1-3-4;;;/h4-7,22H,2-3,8-13H2,1H3,(H,21,23);3-6H,2,7-10,15H2,1H3,(H,16,17);1-3H3;1-3H2;2*1H;/q;;;;;;+2/p-2. The third kappa shape index (κ3) is 15.3. The molecule has 2 aromatic rings. The van der Waals surface area contributed by atoms with E-state index in [1.165, 1.54) is 17.5 Å². The van der Waals surface area contributed by atoms with Crippen molar-refractivity contribution < 1.29 is 29.5 Å². The van der Waals surface area contributed by atoms with Crippen LogP contribution in [-0.2, 0) is 42.4 Å². The molecule has 6 rings (SSSR count). The van der Waals surface area contributed by atoms with Crippen LogP contribution in [-0.4, -0.2) is 45.3 Å². The van der Waals surface area contributed by atoms with Crippen LogP contribution in [0.1, 0.15) is 101 Å². The fourth-order valence-electron chi connectivity index (χ4n) is 6.52. The molecule has 0 heterocycles. The van der Waals surface area contributed by atoms with E-state index in [2.05, 4.69) is 52.0 Å². The monoisotopic (exact) mass is 846 g/mol. The van der Waals surface area contributed by atoms with Crippen molar-refractivity contribution >= 4 is 56.4 Å². The van der Waals surface area contributed by atoms with Gasteiger partial charge in [-0.1, -0.05) is 56.7 Å². The fraction of sp³-hybridized carbons (Fsp3) is 0.585. The van der Waals surface area contributed by atoms with Gasteiger partial charge in [-0.2, -0.15) is 5.26 Å². The van der Waals surface area contributed by atoms with Crippen LogP contribution >= 0.6 is 19.4 Å². The van der Waals surface area contributed by atoms with E-state index >= 15 is 0 Å². The zero-order valence-electron chi connectivity index (χ0n) is 33.1. The molecule has 0 atom stereocenters. The maximum atomic E-state index is 12.1. The van der Waals surface area contributed by atoms with Crippen molar-refractivity contribution in [1.82, 2.24) is 10.6 Å². The third-order valence-electron chi connectivity index (χ3n) is 10.8. The van der Waals surface area contributed by atoms with Gasteiger partial charge in [0.15, 0.2) is 8.07 Å². The zero-order valence-corrected chi connectivity index (χ0v) is 38.6. The molecular formula is C41H60Cl2N6O3SiZn. The van der Waals surface area contributed by atoms with E-state index in [1.54, 1.807) is 14.1 Å². The Balaban J connectivity index is 0.000000282. The number of aryl methyl sites for hydroxylation is 2. The number of benzene rings is 2. The summed E-state index contributed by atoms with van der Waals surface area (Å²) in [6.07, 6.45) is 16.0. The predicted molar refractivity (Wildman–Crippen MR) is 220 cm³/mol. The second-order valence-corrected chi connectivity index (χ2v) is 25.2. The van der Waals surface area contributed by atoms with E-state index in [9.17, 15) is 19.6 Å². The molecule has 54 heavy (non-hydrogen) atoms. The Labute approximate surface area is 340 Å². The molecule has 0 aliphatic heterocycles. The first-order valence-electron chi connectivity index (χ1n) is 19.3. The number of nitrogens with one attached hydrogen (secondary N) is 3. The summed E-state index contributed by atoms with van der Waals surface area (Å²) in [4.78, 5) is 33.8. The SMILES string of the molecule is CNC(=O)C1(CCc2ccc(N)cc2)CCC1.CNC(=O)C1(CCc2ccc(NC3(C#N)CCC3)cc2)CCC1.C[Si](C)(C)C#N.O=C1CCC1.[Cl][Zn][Cl]. The molecule has 4 fully saturated rings. The summed E-state index contributed by atoms with van der Waals surface area (Å²) in [6.45, 7) is 6.06. The van der Waals surface area contributed by atoms with Gasteiger partial charge >= 0.3 is 34.5 Å². The molecule has 0 bridgehead atoms. The van der Waals surface area contributed by atoms with Crippen molar-refractivity contribution in [1.29, 1.82) is 10.5 Å². The second kappa shape index (κ2) is 23.2. The number of hydrogen-bond acceptors (Lipinski definition) is 7. The van der Waals surface area contributed by atoms with Gasteiger partial charge in [0.2, 0.25) is 11.8 Å². The Bertz CT molecular complexity index is 1550. The average molecular weight is 849 g/mol. The molecule has 4 aliphatic rings. The second-order valence-electron chi connectivity index (χ2n) is 15.9. The maximum absolute atomic E-state index is 12.1. The molecule has 4 saturated carbocycles. The minimum absolute atomic E-state index is 0.101. The number of nitrogen functional groups attached to an aromatic ring is 1. The van der Waals surface area contributed by atoms with E-state index in [0.717, 1.165) is 108 Å². The van der Waals surface area contributed by atoms with Crippen molar-refractivity contribution in [3.05, 3.63) is 59.7 Å². The number of rotatable bonds is 10. The number of nitriles is 2. The molecule has 0 saturated heterocycles. The van der Waals surface area contributed by atoms with Gasteiger partial charge < -0.3 is 21.7 Å². The summed E-state index contributed by atoms with van der Waals surface area (Å²) < 4.78 is 0. The molecule has 292 valence electrons. The number of hydrogen-bond donors (Lipinski definition) is 4. The number of nitrogens with two attached hydrogens (primary N) is 1. The molecule has 0 radical (unpaired) electrons. The van der Waals surface area contributed by atoms with Gasteiger partial charge in [0, 0.05) is 54.8 Å². The van der Waals surface area contributed by atoms with Crippen LogP contribution in [0.25, 0.3) is 0 Å². The van der Waals surface area contributed by atoms with E-state index in [0.29, 0.717) is 5.78 Å². The summed E-state index contributed by atoms with van der Waals surface area (Å²) in [6, 6.07) is 18.7. The molecule has 9 nitrogen and oxygen atoms in total. The van der Waals surface area contributed by atoms with E-state index in [-0.39, 0.29) is 28.2 Å². The van der Waals surface area contributed by atoms with Gasteiger partial charge in [-0.15, -0.1) is 0 Å². The number of Topliss-reactive ketones (excluding diaryl/α,β-unsaturated/α-hetero) is 1. The average Bonchev–Trinajstić information content (AvgIpc) is 3.10. The normalized spacial score (nSPS) is 17.5. The molecule has 5 N–H and O–H groups in total. The van der Waals surface area contributed by atoms with Crippen molar-refractivity contribution in [3.8, 4) is 11.8 Å². The molecule has 2 aromatic carbocycles. The van der Waals surface area contributed by atoms with Crippen molar-refractivity contribution in [2.24, 2.45) is 10.8 Å². The molecule has 0 unspecified atom stereocenters. The number of nitrogens with zero attached hydrogens (tertiary/aromatic N) is 2. The molecular weight excluding hydrogens is 789 g/mol. The fourth-order valence-corrected chi connectivity index (χ4v) is 6.52. The Morgan fingerprint density at radius 2 is 1.13 bits per heavy atom. The number of halogens is 2. The van der Waals surface area contributed by atoms with E-state index in [1.807, 2.05) is 43.9 Å². The van der Waals surface area contributed by atoms with Gasteiger partial charge in [-0.05, 0) is 112 Å². The van der Waals surface area contributed by atoms with Gasteiger partial charge in [0.05, 0.1) is 6.07 Å². The summed E-state index contributed by atoms with van der Waals surface area (Å²) in [5.41, 5.74) is 11.6. The molecule has 2 amide bonds. The van der Waals surface area contributed by atoms with Gasteiger partial charge in [-0.3, -0.25) is 14.4 Å². The van der Waals surface area contributed by atoms with Crippen molar-refractivity contribution in [3.63, 3.8) is 0 Å². The van der Waals surface area contributed by atoms with Crippen LogP contribution in [0, 0.1) is 33.1 Å². The van der Waals surface area contributed by atoms with Gasteiger partial charge in [0.1, 0.15) is 11.3 Å². The van der Waals surface area contributed by atoms with Crippen LogP contribution in [0.3, 0.4) is 0 Å². The summed E-state index contributed by atoms with van der Waals surface area (Å²) in [7, 11) is 12.0. The number of ketones is 1. The topological polar surface area (TPSA) is 161 Å². The number of carbonyl (C=O) groups is 3. The van der Waals surface area contributed by atoms with Crippen LogP contribution in [0.5, 0.6) is 0 Å². The first-order chi connectivity index (χ1) is 25.6. The predicted octanol–water partition coefficient (Wildman–Crippen LogP) is 9.01. The van der Waals surface area contributed by atoms with Crippen molar-refractivity contribution in [2.75, 3.05) is 25.1 Å².